The van der Waals surface area contributed by atoms with Crippen LogP contribution in [-0.4, -0.2) is 22.3 Å². The van der Waals surface area contributed by atoms with Gasteiger partial charge in [-0.15, -0.1) is 0 Å². The summed E-state index contributed by atoms with van der Waals surface area (Å²) < 4.78 is 33.6. The highest BCUT2D eigenvalue weighted by Gasteiger charge is 2.28. The van der Waals surface area contributed by atoms with Crippen LogP contribution < -0.4 is 10.1 Å². The lowest BCUT2D eigenvalue weighted by molar-refractivity contribution is 0.0906. The zero-order valence-electron chi connectivity index (χ0n) is 14.2. The highest BCUT2D eigenvalue weighted by molar-refractivity contribution is 5.94. The van der Waals surface area contributed by atoms with Crippen molar-refractivity contribution in [2.24, 2.45) is 5.92 Å². The van der Waals surface area contributed by atoms with E-state index in [0.717, 1.165) is 5.56 Å². The molecule has 2 aromatic rings. The second-order valence-corrected chi connectivity index (χ2v) is 6.55. The standard InChI is InChI=1S/C18H21F2N3O2/c1-11(2)9-23-10-13(17(19)20)16(22-23)18(24)21-14-7-8-25-15-6-4-3-5-12(14)15/h3-6,10-11,14,17H,7-9H2,1-2H3,(H,21,24)/t14-/m1/s1. The Hall–Kier alpha value is -2.44. The van der Waals surface area contributed by atoms with E-state index in [-0.39, 0.29) is 23.2 Å². The van der Waals surface area contributed by atoms with Gasteiger partial charge in [-0.3, -0.25) is 9.48 Å². The highest BCUT2D eigenvalue weighted by atomic mass is 19.3. The molecular formula is C18H21F2N3O2. The van der Waals surface area contributed by atoms with Crippen LogP contribution in [0.25, 0.3) is 0 Å². The van der Waals surface area contributed by atoms with Crippen molar-refractivity contribution in [3.05, 3.63) is 47.3 Å². The van der Waals surface area contributed by atoms with E-state index >= 15 is 0 Å². The van der Waals surface area contributed by atoms with Crippen LogP contribution in [0.3, 0.4) is 0 Å². The molecule has 134 valence electrons. The van der Waals surface area contributed by atoms with Gasteiger partial charge in [0.2, 0.25) is 0 Å². The molecule has 1 aliphatic rings. The number of carbonyl (C=O) groups excluding carboxylic acids is 1. The third-order valence-electron chi connectivity index (χ3n) is 4.06. The molecule has 1 aliphatic heterocycles. The zero-order chi connectivity index (χ0) is 18.0. The maximum absolute atomic E-state index is 13.3. The van der Waals surface area contributed by atoms with Gasteiger partial charge in [-0.25, -0.2) is 8.78 Å². The van der Waals surface area contributed by atoms with Gasteiger partial charge >= 0.3 is 0 Å². The van der Waals surface area contributed by atoms with Crippen molar-refractivity contribution in [2.75, 3.05) is 6.61 Å². The summed E-state index contributed by atoms with van der Waals surface area (Å²) in [5.41, 5.74) is 0.306. The Labute approximate surface area is 145 Å². The number of para-hydroxylation sites is 1. The summed E-state index contributed by atoms with van der Waals surface area (Å²) in [5, 5.41) is 6.91. The van der Waals surface area contributed by atoms with E-state index in [1.165, 1.54) is 10.9 Å². The molecule has 3 rings (SSSR count). The molecule has 1 atom stereocenters. The third kappa shape index (κ3) is 3.81. The Kier molecular flexibility index (Phi) is 5.01. The number of alkyl halides is 2. The number of aromatic nitrogens is 2. The number of hydrogen-bond donors (Lipinski definition) is 1. The maximum atomic E-state index is 13.3. The van der Waals surface area contributed by atoms with Gasteiger partial charge in [0.25, 0.3) is 12.3 Å². The summed E-state index contributed by atoms with van der Waals surface area (Å²) in [6, 6.07) is 7.12. The Bertz CT molecular complexity index is 759. The predicted molar refractivity (Wildman–Crippen MR) is 88.8 cm³/mol. The average molecular weight is 349 g/mol. The van der Waals surface area contributed by atoms with E-state index in [1.54, 1.807) is 0 Å². The minimum absolute atomic E-state index is 0.209. The molecule has 0 fully saturated rings. The average Bonchev–Trinajstić information content (AvgIpc) is 2.99. The molecule has 0 saturated carbocycles. The van der Waals surface area contributed by atoms with Crippen molar-refractivity contribution in [3.8, 4) is 5.75 Å². The highest BCUT2D eigenvalue weighted by Crippen LogP contribution is 2.32. The van der Waals surface area contributed by atoms with E-state index in [2.05, 4.69) is 10.4 Å². The SMILES string of the molecule is CC(C)Cn1cc(C(F)F)c(C(=O)N[C@@H]2CCOc3ccccc32)n1. The Morgan fingerprint density at radius 2 is 2.16 bits per heavy atom. The van der Waals surface area contributed by atoms with Crippen LogP contribution in [0.2, 0.25) is 0 Å². The predicted octanol–water partition coefficient (Wildman–Crippen LogP) is 3.73. The van der Waals surface area contributed by atoms with Gasteiger partial charge in [0.05, 0.1) is 18.2 Å². The van der Waals surface area contributed by atoms with Crippen LogP contribution in [0.4, 0.5) is 8.78 Å². The van der Waals surface area contributed by atoms with Gasteiger partial charge in [-0.2, -0.15) is 5.10 Å². The smallest absolute Gasteiger partial charge is 0.272 e. The molecule has 0 saturated heterocycles. The first-order valence-corrected chi connectivity index (χ1v) is 8.33. The van der Waals surface area contributed by atoms with Crippen molar-refractivity contribution < 1.29 is 18.3 Å². The number of carbonyl (C=O) groups is 1. The molecule has 1 N–H and O–H groups in total. The van der Waals surface area contributed by atoms with Crippen LogP contribution in [0.5, 0.6) is 5.75 Å². The number of ether oxygens (including phenoxy) is 1. The first-order chi connectivity index (χ1) is 12.0. The Morgan fingerprint density at radius 3 is 2.88 bits per heavy atom. The minimum atomic E-state index is -2.75. The lowest BCUT2D eigenvalue weighted by atomic mass is 10.0. The number of hydrogen-bond acceptors (Lipinski definition) is 3. The van der Waals surface area contributed by atoms with Crippen LogP contribution in [0, 0.1) is 5.92 Å². The van der Waals surface area contributed by atoms with Crippen molar-refractivity contribution >= 4 is 5.91 Å². The molecule has 0 radical (unpaired) electrons. The molecule has 1 amide bonds. The number of fused-ring (bicyclic) bond motifs is 1. The third-order valence-corrected chi connectivity index (χ3v) is 4.06. The minimum Gasteiger partial charge on any atom is -0.493 e. The largest absolute Gasteiger partial charge is 0.493 e. The number of nitrogens with one attached hydrogen (secondary N) is 1. The molecule has 2 heterocycles. The van der Waals surface area contributed by atoms with Gasteiger partial charge < -0.3 is 10.1 Å². The molecule has 7 heteroatoms. The molecule has 1 aromatic heterocycles. The second kappa shape index (κ2) is 7.21. The van der Waals surface area contributed by atoms with Crippen LogP contribution in [0.15, 0.2) is 30.5 Å². The quantitative estimate of drug-likeness (QED) is 0.895. The molecule has 25 heavy (non-hydrogen) atoms. The van der Waals surface area contributed by atoms with E-state index in [4.69, 9.17) is 4.74 Å². The van der Waals surface area contributed by atoms with Crippen molar-refractivity contribution in [1.29, 1.82) is 0 Å². The van der Waals surface area contributed by atoms with E-state index < -0.39 is 12.3 Å². The van der Waals surface area contributed by atoms with E-state index in [9.17, 15) is 13.6 Å². The van der Waals surface area contributed by atoms with Crippen LogP contribution >= 0.6 is 0 Å². The summed E-state index contributed by atoms with van der Waals surface area (Å²) in [7, 11) is 0. The number of amides is 1. The molecule has 5 nitrogen and oxygen atoms in total. The van der Waals surface area contributed by atoms with Crippen LogP contribution in [0.1, 0.15) is 54.4 Å². The van der Waals surface area contributed by atoms with Gasteiger partial charge in [0.1, 0.15) is 5.75 Å². The lowest BCUT2D eigenvalue weighted by Gasteiger charge is -2.26. The Morgan fingerprint density at radius 1 is 1.40 bits per heavy atom. The maximum Gasteiger partial charge on any atom is 0.272 e. The van der Waals surface area contributed by atoms with Gasteiger partial charge in [-0.05, 0) is 12.0 Å². The monoisotopic (exact) mass is 349 g/mol. The van der Waals surface area contributed by atoms with Gasteiger partial charge in [0.15, 0.2) is 5.69 Å². The molecular weight excluding hydrogens is 328 g/mol. The van der Waals surface area contributed by atoms with E-state index in [1.807, 2.05) is 38.1 Å². The fourth-order valence-corrected chi connectivity index (χ4v) is 2.96. The second-order valence-electron chi connectivity index (χ2n) is 6.55. The van der Waals surface area contributed by atoms with Gasteiger partial charge in [0, 0.05) is 24.7 Å². The molecule has 1 aromatic carbocycles. The fraction of sp³-hybridized carbons (Fsp3) is 0.444. The van der Waals surface area contributed by atoms with E-state index in [0.29, 0.717) is 25.3 Å². The van der Waals surface area contributed by atoms with Gasteiger partial charge in [-0.1, -0.05) is 32.0 Å². The lowest BCUT2D eigenvalue weighted by Crippen LogP contribution is -2.33. The number of rotatable bonds is 5. The first-order valence-electron chi connectivity index (χ1n) is 8.33. The van der Waals surface area contributed by atoms with Crippen molar-refractivity contribution in [1.82, 2.24) is 15.1 Å². The fourth-order valence-electron chi connectivity index (χ4n) is 2.96. The van der Waals surface area contributed by atoms with Crippen molar-refractivity contribution in [2.45, 2.75) is 39.3 Å². The summed E-state index contributed by atoms with van der Waals surface area (Å²) in [6.07, 6.45) is -0.902. The molecule has 0 spiro atoms. The topological polar surface area (TPSA) is 56.2 Å². The molecule has 0 unspecified atom stereocenters. The number of halogens is 2. The zero-order valence-corrected chi connectivity index (χ0v) is 14.2. The molecule has 0 aliphatic carbocycles. The normalized spacial score (nSPS) is 16.6. The summed E-state index contributed by atoms with van der Waals surface area (Å²) in [6.45, 7) is 4.86. The Balaban J connectivity index is 1.83. The summed E-state index contributed by atoms with van der Waals surface area (Å²) in [4.78, 5) is 12.6. The summed E-state index contributed by atoms with van der Waals surface area (Å²) in [5.74, 6) is 0.363. The number of benzene rings is 1. The number of nitrogens with zero attached hydrogens (tertiary/aromatic N) is 2. The first kappa shape index (κ1) is 17.4. The molecule has 0 bridgehead atoms. The summed E-state index contributed by atoms with van der Waals surface area (Å²) >= 11 is 0. The van der Waals surface area contributed by atoms with Crippen LogP contribution in [-0.2, 0) is 6.54 Å². The van der Waals surface area contributed by atoms with Crippen molar-refractivity contribution in [3.63, 3.8) is 0 Å².